The van der Waals surface area contributed by atoms with Crippen molar-refractivity contribution in [2.24, 2.45) is 5.73 Å². The predicted octanol–water partition coefficient (Wildman–Crippen LogP) is 3.62. The van der Waals surface area contributed by atoms with E-state index in [0.717, 1.165) is 8.26 Å². The molecule has 2 aromatic rings. The summed E-state index contributed by atoms with van der Waals surface area (Å²) in [6.45, 7) is 0. The van der Waals surface area contributed by atoms with Crippen LogP contribution in [0.1, 0.15) is 20.0 Å². The molecule has 0 radical (unpaired) electrons. The Labute approximate surface area is 130 Å². The molecule has 0 aliphatic rings. The minimum atomic E-state index is -0.496. The maximum absolute atomic E-state index is 12.0. The van der Waals surface area contributed by atoms with Crippen LogP contribution in [0.15, 0.2) is 38.6 Å². The minimum Gasteiger partial charge on any atom is -0.366 e. The molecule has 0 aliphatic heterocycles. The summed E-state index contributed by atoms with van der Waals surface area (Å²) >= 11 is 8.00. The third-order valence-electron chi connectivity index (χ3n) is 2.30. The lowest BCUT2D eigenvalue weighted by Crippen LogP contribution is -2.12. The molecule has 98 valence electrons. The second-order valence-electron chi connectivity index (χ2n) is 3.63. The molecule has 7 heteroatoms. The van der Waals surface area contributed by atoms with Gasteiger partial charge in [-0.1, -0.05) is 0 Å². The van der Waals surface area contributed by atoms with E-state index in [1.54, 1.807) is 30.3 Å². The van der Waals surface area contributed by atoms with Crippen molar-refractivity contribution in [1.82, 2.24) is 0 Å². The molecular formula is C12H8Br2N2O2S. The first kappa shape index (κ1) is 14.2. The summed E-state index contributed by atoms with van der Waals surface area (Å²) in [6, 6.07) is 8.14. The lowest BCUT2D eigenvalue weighted by Gasteiger charge is -2.03. The Bertz CT molecular complexity index is 618. The zero-order valence-electron chi connectivity index (χ0n) is 9.44. The number of anilines is 1. The van der Waals surface area contributed by atoms with Gasteiger partial charge >= 0.3 is 0 Å². The molecule has 1 aromatic heterocycles. The number of rotatable bonds is 3. The number of benzene rings is 1. The average molecular weight is 404 g/mol. The third-order valence-corrected chi connectivity index (χ3v) is 5.55. The number of hydrogen-bond donors (Lipinski definition) is 2. The van der Waals surface area contributed by atoms with E-state index in [-0.39, 0.29) is 5.91 Å². The quantitative estimate of drug-likeness (QED) is 0.821. The van der Waals surface area contributed by atoms with Gasteiger partial charge in [0.1, 0.15) is 0 Å². The largest absolute Gasteiger partial charge is 0.366 e. The topological polar surface area (TPSA) is 72.2 Å². The zero-order chi connectivity index (χ0) is 14.0. The fraction of sp³-hybridized carbons (Fsp3) is 0. The molecule has 0 saturated heterocycles. The summed E-state index contributed by atoms with van der Waals surface area (Å²) < 4.78 is 1.70. The molecule has 19 heavy (non-hydrogen) atoms. The van der Waals surface area contributed by atoms with Crippen molar-refractivity contribution in [3.05, 3.63) is 49.0 Å². The van der Waals surface area contributed by atoms with Crippen LogP contribution in [-0.2, 0) is 0 Å². The molecule has 0 aliphatic carbocycles. The number of primary amides is 1. The highest BCUT2D eigenvalue weighted by Gasteiger charge is 2.12. The predicted molar refractivity (Wildman–Crippen MR) is 82.6 cm³/mol. The lowest BCUT2D eigenvalue weighted by atomic mass is 10.2. The minimum absolute atomic E-state index is 0.205. The summed E-state index contributed by atoms with van der Waals surface area (Å²) in [7, 11) is 0. The van der Waals surface area contributed by atoms with Crippen molar-refractivity contribution in [2.75, 3.05) is 5.32 Å². The zero-order valence-corrected chi connectivity index (χ0v) is 13.4. The van der Waals surface area contributed by atoms with Crippen LogP contribution in [-0.4, -0.2) is 11.8 Å². The molecule has 0 bridgehead atoms. The van der Waals surface area contributed by atoms with Gasteiger partial charge in [-0.25, -0.2) is 0 Å². The van der Waals surface area contributed by atoms with E-state index in [1.807, 2.05) is 0 Å². The van der Waals surface area contributed by atoms with Gasteiger partial charge in [0.2, 0.25) is 5.91 Å². The average Bonchev–Trinajstić information content (AvgIpc) is 2.70. The first-order valence-electron chi connectivity index (χ1n) is 5.13. The molecule has 0 fully saturated rings. The van der Waals surface area contributed by atoms with E-state index in [0.29, 0.717) is 16.1 Å². The van der Waals surface area contributed by atoms with Gasteiger partial charge < -0.3 is 11.1 Å². The highest BCUT2D eigenvalue weighted by molar-refractivity contribution is 9.13. The van der Waals surface area contributed by atoms with Gasteiger partial charge in [0.15, 0.2) is 0 Å². The summed E-state index contributed by atoms with van der Waals surface area (Å²) in [6.07, 6.45) is 0. The van der Waals surface area contributed by atoms with Gasteiger partial charge in [-0.3, -0.25) is 9.59 Å². The Morgan fingerprint density at radius 2 is 1.79 bits per heavy atom. The molecule has 1 heterocycles. The second kappa shape index (κ2) is 5.85. The van der Waals surface area contributed by atoms with E-state index < -0.39 is 5.91 Å². The summed E-state index contributed by atoms with van der Waals surface area (Å²) in [5.74, 6) is -0.702. The Balaban J connectivity index is 2.12. The molecule has 0 saturated carbocycles. The molecule has 3 N–H and O–H groups in total. The first-order valence-corrected chi connectivity index (χ1v) is 7.53. The first-order chi connectivity index (χ1) is 8.97. The fourth-order valence-electron chi connectivity index (χ4n) is 1.37. The van der Waals surface area contributed by atoms with Gasteiger partial charge in [0, 0.05) is 15.7 Å². The standard InChI is InChI=1S/C12H8Br2N2O2S/c13-8-5-9(19-10(8)14)12(18)16-7-3-1-6(2-4-7)11(15)17/h1-5H,(H2,15,17)(H,16,18). The molecule has 1 aromatic carbocycles. The smallest absolute Gasteiger partial charge is 0.265 e. The van der Waals surface area contributed by atoms with E-state index in [1.165, 1.54) is 11.3 Å². The van der Waals surface area contributed by atoms with Gasteiger partial charge in [-0.05, 0) is 62.2 Å². The van der Waals surface area contributed by atoms with Crippen LogP contribution in [0, 0.1) is 0 Å². The molecular weight excluding hydrogens is 396 g/mol. The Hall–Kier alpha value is -1.18. The van der Waals surface area contributed by atoms with Crippen molar-refractivity contribution >= 4 is 60.7 Å². The maximum atomic E-state index is 12.0. The van der Waals surface area contributed by atoms with E-state index in [2.05, 4.69) is 37.2 Å². The number of halogens is 2. The SMILES string of the molecule is NC(=O)c1ccc(NC(=O)c2cc(Br)c(Br)s2)cc1. The Morgan fingerprint density at radius 1 is 1.16 bits per heavy atom. The summed E-state index contributed by atoms with van der Waals surface area (Å²) in [5, 5.41) is 2.74. The van der Waals surface area contributed by atoms with Crippen molar-refractivity contribution in [3.8, 4) is 0 Å². The van der Waals surface area contributed by atoms with Crippen molar-refractivity contribution in [1.29, 1.82) is 0 Å². The fourth-order valence-corrected chi connectivity index (χ4v) is 3.30. The number of thiophene rings is 1. The van der Waals surface area contributed by atoms with Crippen LogP contribution in [0.2, 0.25) is 0 Å². The van der Waals surface area contributed by atoms with Crippen LogP contribution >= 0.6 is 43.2 Å². The normalized spacial score (nSPS) is 10.2. The number of nitrogens with one attached hydrogen (secondary N) is 1. The summed E-state index contributed by atoms with van der Waals surface area (Å²) in [5.41, 5.74) is 6.15. The van der Waals surface area contributed by atoms with Crippen LogP contribution < -0.4 is 11.1 Å². The molecule has 4 nitrogen and oxygen atoms in total. The van der Waals surface area contributed by atoms with E-state index in [9.17, 15) is 9.59 Å². The van der Waals surface area contributed by atoms with E-state index >= 15 is 0 Å². The van der Waals surface area contributed by atoms with Crippen molar-refractivity contribution < 1.29 is 9.59 Å². The highest BCUT2D eigenvalue weighted by Crippen LogP contribution is 2.32. The van der Waals surface area contributed by atoms with Gasteiger partial charge in [-0.15, -0.1) is 11.3 Å². The molecule has 2 rings (SSSR count). The lowest BCUT2D eigenvalue weighted by molar-refractivity contribution is 0.0998. The number of amides is 2. The maximum Gasteiger partial charge on any atom is 0.265 e. The molecule has 0 spiro atoms. The Morgan fingerprint density at radius 3 is 2.26 bits per heavy atom. The van der Waals surface area contributed by atoms with Crippen LogP contribution in [0.25, 0.3) is 0 Å². The van der Waals surface area contributed by atoms with Gasteiger partial charge in [-0.2, -0.15) is 0 Å². The molecule has 0 unspecified atom stereocenters. The van der Waals surface area contributed by atoms with Gasteiger partial charge in [0.05, 0.1) is 8.66 Å². The monoisotopic (exact) mass is 402 g/mol. The third kappa shape index (κ3) is 3.43. The Kier molecular flexibility index (Phi) is 4.38. The number of hydrogen-bond acceptors (Lipinski definition) is 3. The van der Waals surface area contributed by atoms with Crippen LogP contribution in [0.5, 0.6) is 0 Å². The molecule has 0 atom stereocenters. The number of nitrogens with two attached hydrogens (primary N) is 1. The number of carbonyl (C=O) groups is 2. The highest BCUT2D eigenvalue weighted by atomic mass is 79.9. The van der Waals surface area contributed by atoms with Crippen LogP contribution in [0.3, 0.4) is 0 Å². The molecule has 2 amide bonds. The summed E-state index contributed by atoms with van der Waals surface area (Å²) in [4.78, 5) is 23.5. The number of carbonyl (C=O) groups excluding carboxylic acids is 2. The second-order valence-corrected chi connectivity index (χ2v) is 6.85. The van der Waals surface area contributed by atoms with Crippen molar-refractivity contribution in [2.45, 2.75) is 0 Å². The van der Waals surface area contributed by atoms with Crippen LogP contribution in [0.4, 0.5) is 5.69 Å². The van der Waals surface area contributed by atoms with Crippen molar-refractivity contribution in [3.63, 3.8) is 0 Å². The van der Waals surface area contributed by atoms with E-state index in [4.69, 9.17) is 5.73 Å². The van der Waals surface area contributed by atoms with Gasteiger partial charge in [0.25, 0.3) is 5.91 Å².